The maximum absolute atomic E-state index is 12.1. The van der Waals surface area contributed by atoms with Crippen LogP contribution in [0.2, 0.25) is 5.02 Å². The molecule has 0 saturated carbocycles. The van der Waals surface area contributed by atoms with E-state index < -0.39 is 0 Å². The summed E-state index contributed by atoms with van der Waals surface area (Å²) >= 11 is 5.88. The minimum absolute atomic E-state index is 0.0237. The first-order valence-corrected chi connectivity index (χ1v) is 8.21. The Morgan fingerprint density at radius 1 is 1.13 bits per heavy atom. The van der Waals surface area contributed by atoms with Crippen LogP contribution in [0.3, 0.4) is 0 Å². The molecule has 0 radical (unpaired) electrons. The third-order valence-corrected chi connectivity index (χ3v) is 3.73. The van der Waals surface area contributed by atoms with Gasteiger partial charge in [-0.05, 0) is 61.2 Å². The number of rotatable bonds is 7. The zero-order valence-corrected chi connectivity index (χ0v) is 14.3. The predicted octanol–water partition coefficient (Wildman–Crippen LogP) is 4.95. The quantitative estimate of drug-likeness (QED) is 0.779. The number of benzene rings is 2. The Morgan fingerprint density at radius 3 is 2.39 bits per heavy atom. The lowest BCUT2D eigenvalue weighted by atomic mass is 9.98. The first-order valence-electron chi connectivity index (χ1n) is 7.84. The molecular formula is C19H22ClNO2. The second kappa shape index (κ2) is 8.59. The number of hydrogen-bond donors (Lipinski definition) is 1. The zero-order valence-electron chi connectivity index (χ0n) is 13.5. The van der Waals surface area contributed by atoms with Crippen molar-refractivity contribution in [3.05, 3.63) is 59.1 Å². The molecule has 0 aliphatic carbocycles. The molecular weight excluding hydrogens is 310 g/mol. The highest BCUT2D eigenvalue weighted by Gasteiger charge is 2.10. The summed E-state index contributed by atoms with van der Waals surface area (Å²) in [6, 6.07) is 15.2. The van der Waals surface area contributed by atoms with Gasteiger partial charge in [0.2, 0.25) is 5.91 Å². The van der Waals surface area contributed by atoms with Crippen LogP contribution in [0.4, 0.5) is 5.69 Å². The molecule has 1 amide bonds. The van der Waals surface area contributed by atoms with Crippen molar-refractivity contribution in [2.24, 2.45) is 5.92 Å². The first kappa shape index (κ1) is 17.4. The summed E-state index contributed by atoms with van der Waals surface area (Å²) in [4.78, 5) is 12.1. The van der Waals surface area contributed by atoms with Crippen LogP contribution >= 0.6 is 11.6 Å². The van der Waals surface area contributed by atoms with Gasteiger partial charge >= 0.3 is 0 Å². The van der Waals surface area contributed by atoms with Crippen LogP contribution in [0, 0.1) is 5.92 Å². The summed E-state index contributed by atoms with van der Waals surface area (Å²) in [5.41, 5.74) is 1.98. The SMILES string of the molecule is CCOc1ccc(NC(=O)CC(C)Cc2ccc(Cl)cc2)cc1. The molecule has 4 heteroatoms. The van der Waals surface area contributed by atoms with Crippen LogP contribution in [0.1, 0.15) is 25.8 Å². The van der Waals surface area contributed by atoms with Crippen molar-refractivity contribution in [3.63, 3.8) is 0 Å². The molecule has 0 bridgehead atoms. The maximum Gasteiger partial charge on any atom is 0.224 e. The van der Waals surface area contributed by atoms with Gasteiger partial charge in [0.05, 0.1) is 6.61 Å². The van der Waals surface area contributed by atoms with E-state index in [0.29, 0.717) is 13.0 Å². The van der Waals surface area contributed by atoms with Gasteiger partial charge in [-0.15, -0.1) is 0 Å². The van der Waals surface area contributed by atoms with Crippen LogP contribution in [0.15, 0.2) is 48.5 Å². The standard InChI is InChI=1S/C19H22ClNO2/c1-3-23-18-10-8-17(9-11-18)21-19(22)13-14(2)12-15-4-6-16(20)7-5-15/h4-11,14H,3,12-13H2,1-2H3,(H,21,22). The number of carbonyl (C=O) groups is 1. The first-order chi connectivity index (χ1) is 11.1. The van der Waals surface area contributed by atoms with Gasteiger partial charge in [0.25, 0.3) is 0 Å². The van der Waals surface area contributed by atoms with E-state index in [1.807, 2.05) is 55.5 Å². The highest BCUT2D eigenvalue weighted by Crippen LogP contribution is 2.18. The van der Waals surface area contributed by atoms with E-state index in [9.17, 15) is 4.79 Å². The number of ether oxygens (including phenoxy) is 1. The smallest absolute Gasteiger partial charge is 0.224 e. The average Bonchev–Trinajstić information content (AvgIpc) is 2.51. The molecule has 2 aromatic rings. The second-order valence-electron chi connectivity index (χ2n) is 5.65. The minimum atomic E-state index is 0.0237. The van der Waals surface area contributed by atoms with Crippen LogP contribution in [0.5, 0.6) is 5.75 Å². The normalized spacial score (nSPS) is 11.8. The molecule has 122 valence electrons. The molecule has 0 heterocycles. The van der Waals surface area contributed by atoms with Gasteiger partial charge in [0.1, 0.15) is 5.75 Å². The molecule has 0 aliphatic heterocycles. The Balaban J connectivity index is 1.82. The summed E-state index contributed by atoms with van der Waals surface area (Å²) in [5.74, 6) is 1.09. The van der Waals surface area contributed by atoms with E-state index in [1.54, 1.807) is 0 Å². The summed E-state index contributed by atoms with van der Waals surface area (Å²) < 4.78 is 5.38. The molecule has 23 heavy (non-hydrogen) atoms. The molecule has 0 aromatic heterocycles. The Hall–Kier alpha value is -2.00. The molecule has 0 aliphatic rings. The van der Waals surface area contributed by atoms with Crippen molar-refractivity contribution >= 4 is 23.2 Å². The Labute approximate surface area is 142 Å². The van der Waals surface area contributed by atoms with E-state index in [4.69, 9.17) is 16.3 Å². The largest absolute Gasteiger partial charge is 0.494 e. The number of carbonyl (C=O) groups excluding carboxylic acids is 1. The summed E-state index contributed by atoms with van der Waals surface area (Å²) in [5, 5.41) is 3.65. The van der Waals surface area contributed by atoms with E-state index in [1.165, 1.54) is 5.56 Å². The van der Waals surface area contributed by atoms with Gasteiger partial charge in [-0.25, -0.2) is 0 Å². The summed E-state index contributed by atoms with van der Waals surface area (Å²) in [6.07, 6.45) is 1.34. The highest BCUT2D eigenvalue weighted by atomic mass is 35.5. The van der Waals surface area contributed by atoms with Crippen molar-refractivity contribution in [3.8, 4) is 5.75 Å². The fraction of sp³-hybridized carbons (Fsp3) is 0.316. The van der Waals surface area contributed by atoms with Gasteiger partial charge in [-0.1, -0.05) is 30.7 Å². The van der Waals surface area contributed by atoms with Crippen molar-refractivity contribution in [2.45, 2.75) is 26.7 Å². The third kappa shape index (κ3) is 5.95. The minimum Gasteiger partial charge on any atom is -0.494 e. The lowest BCUT2D eigenvalue weighted by Crippen LogP contribution is -2.16. The zero-order chi connectivity index (χ0) is 16.7. The average molecular weight is 332 g/mol. The van der Waals surface area contributed by atoms with Crippen molar-refractivity contribution in [1.29, 1.82) is 0 Å². The number of anilines is 1. The van der Waals surface area contributed by atoms with Crippen molar-refractivity contribution in [1.82, 2.24) is 0 Å². The van der Waals surface area contributed by atoms with E-state index in [-0.39, 0.29) is 11.8 Å². The second-order valence-corrected chi connectivity index (χ2v) is 6.08. The van der Waals surface area contributed by atoms with Crippen LogP contribution in [-0.4, -0.2) is 12.5 Å². The molecule has 1 unspecified atom stereocenters. The number of nitrogens with one attached hydrogen (secondary N) is 1. The van der Waals surface area contributed by atoms with Gasteiger partial charge < -0.3 is 10.1 Å². The Kier molecular flexibility index (Phi) is 6.48. The molecule has 3 nitrogen and oxygen atoms in total. The van der Waals surface area contributed by atoms with Gasteiger partial charge in [-0.3, -0.25) is 4.79 Å². The number of hydrogen-bond acceptors (Lipinski definition) is 2. The van der Waals surface area contributed by atoms with Gasteiger partial charge in [0, 0.05) is 17.1 Å². The van der Waals surface area contributed by atoms with E-state index in [0.717, 1.165) is 22.9 Å². The van der Waals surface area contributed by atoms with Crippen molar-refractivity contribution in [2.75, 3.05) is 11.9 Å². The summed E-state index contributed by atoms with van der Waals surface area (Å²) in [6.45, 7) is 4.65. The molecule has 0 fully saturated rings. The van der Waals surface area contributed by atoms with Crippen LogP contribution < -0.4 is 10.1 Å². The fourth-order valence-corrected chi connectivity index (χ4v) is 2.55. The molecule has 1 atom stereocenters. The lowest BCUT2D eigenvalue weighted by Gasteiger charge is -2.12. The fourth-order valence-electron chi connectivity index (χ4n) is 2.42. The topological polar surface area (TPSA) is 38.3 Å². The van der Waals surface area contributed by atoms with E-state index in [2.05, 4.69) is 12.2 Å². The summed E-state index contributed by atoms with van der Waals surface area (Å²) in [7, 11) is 0. The Bertz CT molecular complexity index is 623. The molecule has 2 rings (SSSR count). The molecule has 0 spiro atoms. The monoisotopic (exact) mass is 331 g/mol. The van der Waals surface area contributed by atoms with Crippen LogP contribution in [-0.2, 0) is 11.2 Å². The molecule has 0 saturated heterocycles. The van der Waals surface area contributed by atoms with Crippen LogP contribution in [0.25, 0.3) is 0 Å². The lowest BCUT2D eigenvalue weighted by molar-refractivity contribution is -0.116. The third-order valence-electron chi connectivity index (χ3n) is 3.48. The maximum atomic E-state index is 12.1. The molecule has 2 aromatic carbocycles. The Morgan fingerprint density at radius 2 is 1.78 bits per heavy atom. The van der Waals surface area contributed by atoms with Gasteiger partial charge in [-0.2, -0.15) is 0 Å². The molecule has 1 N–H and O–H groups in total. The van der Waals surface area contributed by atoms with Gasteiger partial charge in [0.15, 0.2) is 0 Å². The number of halogens is 1. The van der Waals surface area contributed by atoms with E-state index >= 15 is 0 Å². The highest BCUT2D eigenvalue weighted by molar-refractivity contribution is 6.30. The van der Waals surface area contributed by atoms with Crippen molar-refractivity contribution < 1.29 is 9.53 Å². The predicted molar refractivity (Wildman–Crippen MR) is 95.2 cm³/mol. The number of amides is 1.